The van der Waals surface area contributed by atoms with Gasteiger partial charge in [-0.05, 0) is 11.5 Å². The minimum atomic E-state index is -0.566. The molecule has 7 nitrogen and oxygen atoms in total. The summed E-state index contributed by atoms with van der Waals surface area (Å²) in [5, 5.41) is 0. The third-order valence-electron chi connectivity index (χ3n) is 5.19. The smallest absolute Gasteiger partial charge is 0.332 e. The van der Waals surface area contributed by atoms with Gasteiger partial charge in [-0.1, -0.05) is 74.5 Å². The maximum atomic E-state index is 13.1. The van der Waals surface area contributed by atoms with Crippen molar-refractivity contribution in [3.63, 3.8) is 0 Å². The molecule has 31 heavy (non-hydrogen) atoms. The van der Waals surface area contributed by atoms with Crippen LogP contribution in [0.2, 0.25) is 0 Å². The molecule has 1 unspecified atom stereocenters. The van der Waals surface area contributed by atoms with E-state index in [1.54, 1.807) is 15.5 Å². The fourth-order valence-electron chi connectivity index (χ4n) is 3.68. The highest BCUT2D eigenvalue weighted by Crippen LogP contribution is 2.24. The first-order valence-corrected chi connectivity index (χ1v) is 10.3. The minimum Gasteiger partial charge on any atom is -0.349 e. The van der Waals surface area contributed by atoms with E-state index in [-0.39, 0.29) is 17.2 Å². The fraction of sp³-hybridized carbons (Fsp3) is 0.292. The Hall–Kier alpha value is -3.45. The molecule has 0 bridgehead atoms. The van der Waals surface area contributed by atoms with Crippen molar-refractivity contribution in [2.24, 2.45) is 13.0 Å². The first-order chi connectivity index (χ1) is 15.0. The molecule has 0 spiro atoms. The second kappa shape index (κ2) is 8.73. The molecule has 0 aliphatic heterocycles. The molecule has 0 fully saturated rings. The SMILES string of the molecule is CC(C)Cn1c(=O)n(C)c(=O)c2c1ncn2C(OCc1ccccc1)c1ccccc1. The zero-order valence-electron chi connectivity index (χ0n) is 17.9. The molecule has 0 aliphatic rings. The highest BCUT2D eigenvalue weighted by Gasteiger charge is 2.23. The van der Waals surface area contributed by atoms with Crippen LogP contribution < -0.4 is 11.2 Å². The molecule has 160 valence electrons. The lowest BCUT2D eigenvalue weighted by Crippen LogP contribution is -2.39. The Balaban J connectivity index is 1.87. The highest BCUT2D eigenvalue weighted by atomic mass is 16.5. The third kappa shape index (κ3) is 4.09. The standard InChI is InChI=1S/C24H26N4O3/c1-17(2)14-27-21-20(22(29)26(3)24(27)30)28(16-25-21)23(19-12-8-5-9-13-19)31-15-18-10-6-4-7-11-18/h4-13,16-17,23H,14-15H2,1-3H3. The van der Waals surface area contributed by atoms with E-state index in [4.69, 9.17) is 4.74 Å². The summed E-state index contributed by atoms with van der Waals surface area (Å²) < 4.78 is 10.7. The minimum absolute atomic E-state index is 0.225. The van der Waals surface area contributed by atoms with Crippen LogP contribution in [0.25, 0.3) is 11.2 Å². The molecule has 2 aromatic carbocycles. The molecule has 2 heterocycles. The highest BCUT2D eigenvalue weighted by molar-refractivity contribution is 5.70. The fourth-order valence-corrected chi connectivity index (χ4v) is 3.68. The predicted molar refractivity (Wildman–Crippen MR) is 120 cm³/mol. The maximum Gasteiger partial charge on any atom is 0.332 e. The van der Waals surface area contributed by atoms with E-state index in [0.29, 0.717) is 24.3 Å². The van der Waals surface area contributed by atoms with E-state index in [1.807, 2.05) is 74.5 Å². The number of rotatable bonds is 7. The van der Waals surface area contributed by atoms with Gasteiger partial charge >= 0.3 is 5.69 Å². The largest absolute Gasteiger partial charge is 0.349 e. The van der Waals surface area contributed by atoms with Gasteiger partial charge in [0.05, 0.1) is 6.61 Å². The molecular formula is C24H26N4O3. The van der Waals surface area contributed by atoms with E-state index < -0.39 is 6.23 Å². The van der Waals surface area contributed by atoms with Gasteiger partial charge in [-0.3, -0.25) is 18.5 Å². The number of imidazole rings is 1. The van der Waals surface area contributed by atoms with Crippen molar-refractivity contribution >= 4 is 11.2 Å². The van der Waals surface area contributed by atoms with Gasteiger partial charge in [-0.25, -0.2) is 9.78 Å². The zero-order chi connectivity index (χ0) is 22.0. The van der Waals surface area contributed by atoms with Crippen molar-refractivity contribution in [3.05, 3.63) is 99.0 Å². The molecule has 0 aliphatic carbocycles. The summed E-state index contributed by atoms with van der Waals surface area (Å²) in [5.41, 5.74) is 1.90. The van der Waals surface area contributed by atoms with Crippen molar-refractivity contribution in [1.82, 2.24) is 18.7 Å². The Labute approximate surface area is 180 Å². The first kappa shape index (κ1) is 20.8. The topological polar surface area (TPSA) is 71.0 Å². The molecule has 0 saturated heterocycles. The monoisotopic (exact) mass is 418 g/mol. The lowest BCUT2D eigenvalue weighted by molar-refractivity contribution is 0.0220. The van der Waals surface area contributed by atoms with Gasteiger partial charge < -0.3 is 4.74 Å². The van der Waals surface area contributed by atoms with Crippen LogP contribution in [0.1, 0.15) is 31.2 Å². The molecule has 0 radical (unpaired) electrons. The lowest BCUT2D eigenvalue weighted by atomic mass is 10.2. The van der Waals surface area contributed by atoms with Gasteiger partial charge in [-0.2, -0.15) is 0 Å². The second-order valence-electron chi connectivity index (χ2n) is 8.03. The first-order valence-electron chi connectivity index (χ1n) is 10.3. The molecule has 0 N–H and O–H groups in total. The quantitative estimate of drug-likeness (QED) is 0.462. The van der Waals surface area contributed by atoms with Crippen LogP contribution in [-0.2, 0) is 24.9 Å². The third-order valence-corrected chi connectivity index (χ3v) is 5.19. The normalized spacial score (nSPS) is 12.5. The predicted octanol–water partition coefficient (Wildman–Crippen LogP) is 3.32. The zero-order valence-corrected chi connectivity index (χ0v) is 17.9. The van der Waals surface area contributed by atoms with Gasteiger partial charge in [0.2, 0.25) is 0 Å². The van der Waals surface area contributed by atoms with E-state index in [9.17, 15) is 9.59 Å². The number of aromatic nitrogens is 4. The molecule has 1 atom stereocenters. The number of ether oxygens (including phenoxy) is 1. The average molecular weight is 418 g/mol. The summed E-state index contributed by atoms with van der Waals surface area (Å²) in [7, 11) is 1.50. The maximum absolute atomic E-state index is 13.1. The van der Waals surface area contributed by atoms with Crippen LogP contribution in [0.15, 0.2) is 76.6 Å². The van der Waals surface area contributed by atoms with E-state index in [2.05, 4.69) is 4.98 Å². The molecule has 2 aromatic heterocycles. The number of benzene rings is 2. The van der Waals surface area contributed by atoms with Crippen LogP contribution in [-0.4, -0.2) is 18.7 Å². The van der Waals surface area contributed by atoms with Gasteiger partial charge in [0, 0.05) is 19.2 Å². The average Bonchev–Trinajstić information content (AvgIpc) is 3.21. The van der Waals surface area contributed by atoms with E-state index in [1.165, 1.54) is 7.05 Å². The van der Waals surface area contributed by atoms with Crippen molar-refractivity contribution in [3.8, 4) is 0 Å². The van der Waals surface area contributed by atoms with E-state index in [0.717, 1.165) is 15.7 Å². The Morgan fingerprint density at radius 1 is 0.968 bits per heavy atom. The molecule has 7 heteroatoms. The van der Waals surface area contributed by atoms with E-state index >= 15 is 0 Å². The van der Waals surface area contributed by atoms with Crippen LogP contribution in [0.4, 0.5) is 0 Å². The van der Waals surface area contributed by atoms with Crippen molar-refractivity contribution in [1.29, 1.82) is 0 Å². The van der Waals surface area contributed by atoms with Crippen molar-refractivity contribution < 1.29 is 4.74 Å². The summed E-state index contributed by atoms with van der Waals surface area (Å²) in [4.78, 5) is 30.3. The summed E-state index contributed by atoms with van der Waals surface area (Å²) in [6, 6.07) is 19.6. The summed E-state index contributed by atoms with van der Waals surface area (Å²) in [6.07, 6.45) is 1.02. The van der Waals surface area contributed by atoms with Gasteiger partial charge in [-0.15, -0.1) is 0 Å². The molecule has 4 rings (SSSR count). The number of hydrogen-bond acceptors (Lipinski definition) is 4. The number of nitrogens with zero attached hydrogens (tertiary/aromatic N) is 4. The number of hydrogen-bond donors (Lipinski definition) is 0. The van der Waals surface area contributed by atoms with Crippen LogP contribution in [0, 0.1) is 5.92 Å². The Morgan fingerprint density at radius 2 is 1.61 bits per heavy atom. The molecule has 4 aromatic rings. The van der Waals surface area contributed by atoms with Gasteiger partial charge in [0.25, 0.3) is 5.56 Å². The summed E-state index contributed by atoms with van der Waals surface area (Å²) in [6.45, 7) is 4.89. The lowest BCUT2D eigenvalue weighted by Gasteiger charge is -2.21. The Bertz CT molecular complexity index is 1290. The molecule has 0 saturated carbocycles. The van der Waals surface area contributed by atoms with Crippen molar-refractivity contribution in [2.45, 2.75) is 33.2 Å². The van der Waals surface area contributed by atoms with Crippen LogP contribution in [0.5, 0.6) is 0 Å². The van der Waals surface area contributed by atoms with Crippen LogP contribution >= 0.6 is 0 Å². The Morgan fingerprint density at radius 3 is 2.26 bits per heavy atom. The Kier molecular flexibility index (Phi) is 5.86. The second-order valence-corrected chi connectivity index (χ2v) is 8.03. The van der Waals surface area contributed by atoms with Gasteiger partial charge in [0.15, 0.2) is 17.4 Å². The van der Waals surface area contributed by atoms with Gasteiger partial charge in [0.1, 0.15) is 6.33 Å². The summed E-state index contributed by atoms with van der Waals surface area (Å²) in [5.74, 6) is 0.225. The molecule has 0 amide bonds. The van der Waals surface area contributed by atoms with Crippen LogP contribution in [0.3, 0.4) is 0 Å². The summed E-state index contributed by atoms with van der Waals surface area (Å²) >= 11 is 0. The number of fused-ring (bicyclic) bond motifs is 1. The van der Waals surface area contributed by atoms with Crippen molar-refractivity contribution in [2.75, 3.05) is 0 Å². The molecular weight excluding hydrogens is 392 g/mol.